The van der Waals surface area contributed by atoms with E-state index < -0.39 is 0 Å². The van der Waals surface area contributed by atoms with E-state index in [1.54, 1.807) is 0 Å². The Balaban J connectivity index is 2.46. The number of hydrogen-bond acceptors (Lipinski definition) is 2. The highest BCUT2D eigenvalue weighted by atomic mass is 16.2. The molecule has 0 aliphatic carbocycles. The quantitative estimate of drug-likeness (QED) is 0.756. The van der Waals surface area contributed by atoms with Gasteiger partial charge in [-0.15, -0.1) is 0 Å². The molecule has 1 rings (SSSR count). The number of rotatable bonds is 8. The summed E-state index contributed by atoms with van der Waals surface area (Å²) in [5.74, 6) is -0.0194. The largest absolute Gasteiger partial charge is 0.352 e. The monoisotopic (exact) mass is 262 g/mol. The Bertz CT molecular complexity index is 364. The number of aryl methyl sites for hydroxylation is 1. The van der Waals surface area contributed by atoms with Gasteiger partial charge in [0.15, 0.2) is 0 Å². The molecule has 0 fully saturated rings. The lowest BCUT2D eigenvalue weighted by atomic mass is 10.0. The molecule has 0 radical (unpaired) electrons. The summed E-state index contributed by atoms with van der Waals surface area (Å²) in [6.45, 7) is 4.07. The van der Waals surface area contributed by atoms with Gasteiger partial charge in [-0.05, 0) is 31.2 Å². The van der Waals surface area contributed by atoms with E-state index in [2.05, 4.69) is 36.5 Å². The maximum Gasteiger partial charge on any atom is 0.237 e. The molecule has 0 bridgehead atoms. The van der Waals surface area contributed by atoms with Gasteiger partial charge in [0.1, 0.15) is 0 Å². The number of amides is 1. The lowest BCUT2D eigenvalue weighted by molar-refractivity contribution is -0.123. The van der Waals surface area contributed by atoms with Gasteiger partial charge in [0.25, 0.3) is 0 Å². The zero-order valence-electron chi connectivity index (χ0n) is 12.1. The first-order valence-corrected chi connectivity index (χ1v) is 7.27. The summed E-state index contributed by atoms with van der Waals surface area (Å²) in [5, 5.41) is 3.07. The SMILES string of the molecule is CCCC(CCc1ccccc1)NC(=O)C(N)CC. The van der Waals surface area contributed by atoms with Crippen molar-refractivity contribution in [1.29, 1.82) is 0 Å². The summed E-state index contributed by atoms with van der Waals surface area (Å²) >= 11 is 0. The summed E-state index contributed by atoms with van der Waals surface area (Å²) in [4.78, 5) is 11.8. The van der Waals surface area contributed by atoms with Gasteiger partial charge in [-0.2, -0.15) is 0 Å². The molecule has 1 aromatic rings. The van der Waals surface area contributed by atoms with Crippen LogP contribution in [0.2, 0.25) is 0 Å². The van der Waals surface area contributed by atoms with Crippen LogP contribution < -0.4 is 11.1 Å². The van der Waals surface area contributed by atoms with E-state index >= 15 is 0 Å². The summed E-state index contributed by atoms with van der Waals surface area (Å²) in [6, 6.07) is 10.2. The predicted octanol–water partition coefficient (Wildman–Crippen LogP) is 2.64. The van der Waals surface area contributed by atoms with Gasteiger partial charge in [0.2, 0.25) is 5.91 Å². The lowest BCUT2D eigenvalue weighted by Crippen LogP contribution is -2.45. The molecular formula is C16H26N2O. The van der Waals surface area contributed by atoms with E-state index in [0.29, 0.717) is 6.42 Å². The second-order valence-corrected chi connectivity index (χ2v) is 5.03. The Morgan fingerprint density at radius 3 is 2.47 bits per heavy atom. The normalized spacial score (nSPS) is 13.8. The third-order valence-corrected chi connectivity index (χ3v) is 3.38. The van der Waals surface area contributed by atoms with Gasteiger partial charge in [-0.1, -0.05) is 50.6 Å². The average Bonchev–Trinajstić information content (AvgIpc) is 2.45. The predicted molar refractivity (Wildman–Crippen MR) is 79.9 cm³/mol. The Labute approximate surface area is 116 Å². The van der Waals surface area contributed by atoms with Crippen LogP contribution in [0.5, 0.6) is 0 Å². The van der Waals surface area contributed by atoms with Crippen LogP contribution in [0.3, 0.4) is 0 Å². The molecule has 0 aliphatic rings. The topological polar surface area (TPSA) is 55.1 Å². The fourth-order valence-electron chi connectivity index (χ4n) is 2.12. The number of nitrogens with two attached hydrogens (primary N) is 1. The minimum absolute atomic E-state index is 0.0194. The third-order valence-electron chi connectivity index (χ3n) is 3.38. The van der Waals surface area contributed by atoms with E-state index in [0.717, 1.165) is 25.7 Å². The Morgan fingerprint density at radius 2 is 1.89 bits per heavy atom. The molecule has 0 saturated carbocycles. The van der Waals surface area contributed by atoms with Crippen LogP contribution in [-0.2, 0) is 11.2 Å². The van der Waals surface area contributed by atoms with Crippen molar-refractivity contribution in [2.24, 2.45) is 5.73 Å². The van der Waals surface area contributed by atoms with Crippen LogP contribution in [0, 0.1) is 0 Å². The van der Waals surface area contributed by atoms with Gasteiger partial charge in [0, 0.05) is 6.04 Å². The van der Waals surface area contributed by atoms with E-state index in [9.17, 15) is 4.79 Å². The molecule has 0 aliphatic heterocycles. The van der Waals surface area contributed by atoms with E-state index in [1.807, 2.05) is 13.0 Å². The summed E-state index contributed by atoms with van der Waals surface area (Å²) in [6.07, 6.45) is 4.73. The van der Waals surface area contributed by atoms with Gasteiger partial charge < -0.3 is 11.1 Å². The van der Waals surface area contributed by atoms with E-state index in [4.69, 9.17) is 5.73 Å². The maximum absolute atomic E-state index is 11.8. The molecule has 106 valence electrons. The third kappa shape index (κ3) is 5.88. The molecule has 0 heterocycles. The summed E-state index contributed by atoms with van der Waals surface area (Å²) in [7, 11) is 0. The van der Waals surface area contributed by atoms with Crippen molar-refractivity contribution in [3.05, 3.63) is 35.9 Å². The molecule has 2 unspecified atom stereocenters. The summed E-state index contributed by atoms with van der Waals surface area (Å²) < 4.78 is 0. The maximum atomic E-state index is 11.8. The fourth-order valence-corrected chi connectivity index (χ4v) is 2.12. The van der Waals surface area contributed by atoms with Crippen molar-refractivity contribution in [3.8, 4) is 0 Å². The first-order chi connectivity index (χ1) is 9.17. The van der Waals surface area contributed by atoms with Crippen LogP contribution >= 0.6 is 0 Å². The van der Waals surface area contributed by atoms with Gasteiger partial charge in [-0.25, -0.2) is 0 Å². The second-order valence-electron chi connectivity index (χ2n) is 5.03. The molecular weight excluding hydrogens is 236 g/mol. The van der Waals surface area contributed by atoms with Crippen molar-refractivity contribution < 1.29 is 4.79 Å². The smallest absolute Gasteiger partial charge is 0.237 e. The van der Waals surface area contributed by atoms with Crippen molar-refractivity contribution >= 4 is 5.91 Å². The van der Waals surface area contributed by atoms with Crippen LogP contribution in [0.1, 0.15) is 45.1 Å². The Morgan fingerprint density at radius 1 is 1.21 bits per heavy atom. The van der Waals surface area contributed by atoms with Crippen LogP contribution in [0.4, 0.5) is 0 Å². The van der Waals surface area contributed by atoms with Gasteiger partial charge in [0.05, 0.1) is 6.04 Å². The zero-order chi connectivity index (χ0) is 14.1. The number of nitrogens with one attached hydrogen (secondary N) is 1. The van der Waals surface area contributed by atoms with E-state index in [1.165, 1.54) is 5.56 Å². The first kappa shape index (κ1) is 15.7. The Kier molecular flexibility index (Phi) is 7.19. The second kappa shape index (κ2) is 8.70. The van der Waals surface area contributed by atoms with Crippen molar-refractivity contribution in [3.63, 3.8) is 0 Å². The van der Waals surface area contributed by atoms with Crippen molar-refractivity contribution in [2.75, 3.05) is 0 Å². The zero-order valence-corrected chi connectivity index (χ0v) is 12.1. The molecule has 2 atom stereocenters. The molecule has 1 aromatic carbocycles. The molecule has 19 heavy (non-hydrogen) atoms. The van der Waals surface area contributed by atoms with E-state index in [-0.39, 0.29) is 18.0 Å². The van der Waals surface area contributed by atoms with Crippen LogP contribution in [0.15, 0.2) is 30.3 Å². The number of carbonyl (C=O) groups excluding carboxylic acids is 1. The molecule has 0 spiro atoms. The molecule has 3 N–H and O–H groups in total. The summed E-state index contributed by atoms with van der Waals surface area (Å²) in [5.41, 5.74) is 7.07. The molecule has 0 aromatic heterocycles. The lowest BCUT2D eigenvalue weighted by Gasteiger charge is -2.20. The van der Waals surface area contributed by atoms with Crippen LogP contribution in [-0.4, -0.2) is 18.0 Å². The van der Waals surface area contributed by atoms with Crippen molar-refractivity contribution in [2.45, 2.75) is 58.0 Å². The highest BCUT2D eigenvalue weighted by Crippen LogP contribution is 2.09. The molecule has 0 saturated heterocycles. The number of carbonyl (C=O) groups is 1. The minimum atomic E-state index is -0.379. The average molecular weight is 262 g/mol. The molecule has 3 nitrogen and oxygen atoms in total. The standard InChI is InChI=1S/C16H26N2O/c1-3-8-14(18-16(19)15(17)4-2)12-11-13-9-6-5-7-10-13/h5-7,9-10,14-15H,3-4,8,11-12,17H2,1-2H3,(H,18,19). The molecule has 3 heteroatoms. The van der Waals surface area contributed by atoms with Gasteiger partial charge >= 0.3 is 0 Å². The fraction of sp³-hybridized carbons (Fsp3) is 0.562. The minimum Gasteiger partial charge on any atom is -0.352 e. The van der Waals surface area contributed by atoms with Crippen molar-refractivity contribution in [1.82, 2.24) is 5.32 Å². The number of hydrogen-bond donors (Lipinski definition) is 2. The highest BCUT2D eigenvalue weighted by Gasteiger charge is 2.16. The molecule has 1 amide bonds. The Hall–Kier alpha value is -1.35. The first-order valence-electron chi connectivity index (χ1n) is 7.27. The van der Waals surface area contributed by atoms with Crippen LogP contribution in [0.25, 0.3) is 0 Å². The highest BCUT2D eigenvalue weighted by molar-refractivity contribution is 5.81. The van der Waals surface area contributed by atoms with Gasteiger partial charge in [-0.3, -0.25) is 4.79 Å². The number of benzene rings is 1.